The normalized spacial score (nSPS) is 10.2. The number of anilines is 1. The number of rotatable bonds is 7. The fourth-order valence-electron chi connectivity index (χ4n) is 2.11. The van der Waals surface area contributed by atoms with E-state index in [2.05, 4.69) is 5.32 Å². The maximum atomic E-state index is 12.8. The molecule has 0 aromatic heterocycles. The van der Waals surface area contributed by atoms with Gasteiger partial charge in [-0.3, -0.25) is 9.59 Å². The zero-order valence-corrected chi connectivity index (χ0v) is 14.9. The summed E-state index contributed by atoms with van der Waals surface area (Å²) in [6.45, 7) is -0.479. The number of benzene rings is 2. The summed E-state index contributed by atoms with van der Waals surface area (Å²) < 4.78 is 28.0. The van der Waals surface area contributed by atoms with Gasteiger partial charge in [0.05, 0.1) is 31.4 Å². The highest BCUT2D eigenvalue weighted by atomic mass is 35.5. The zero-order chi connectivity index (χ0) is 19.1. The first-order valence-corrected chi connectivity index (χ1v) is 7.92. The van der Waals surface area contributed by atoms with E-state index < -0.39 is 24.3 Å². The van der Waals surface area contributed by atoms with Crippen molar-refractivity contribution in [3.63, 3.8) is 0 Å². The SMILES string of the molecule is COc1cc(OC)c(NC(=O)COC(=O)Cc2ccc(F)cc2)cc1Cl. The molecular formula is C18H17ClFNO5. The van der Waals surface area contributed by atoms with Gasteiger partial charge in [0.15, 0.2) is 6.61 Å². The first-order chi connectivity index (χ1) is 12.4. The van der Waals surface area contributed by atoms with Crippen molar-refractivity contribution >= 4 is 29.2 Å². The Kier molecular flexibility index (Phi) is 6.80. The number of amides is 1. The van der Waals surface area contributed by atoms with E-state index in [1.165, 1.54) is 50.6 Å². The summed E-state index contributed by atoms with van der Waals surface area (Å²) in [4.78, 5) is 23.7. The second kappa shape index (κ2) is 9.05. The third kappa shape index (κ3) is 5.35. The van der Waals surface area contributed by atoms with Crippen molar-refractivity contribution in [1.29, 1.82) is 0 Å². The summed E-state index contributed by atoms with van der Waals surface area (Å²) in [7, 11) is 2.89. The van der Waals surface area contributed by atoms with Crippen LogP contribution in [-0.4, -0.2) is 32.7 Å². The molecule has 0 heterocycles. The number of hydrogen-bond acceptors (Lipinski definition) is 5. The molecule has 1 N–H and O–H groups in total. The van der Waals surface area contributed by atoms with E-state index in [0.717, 1.165) is 0 Å². The summed E-state index contributed by atoms with van der Waals surface area (Å²) in [5.41, 5.74) is 0.901. The smallest absolute Gasteiger partial charge is 0.310 e. The van der Waals surface area contributed by atoms with Crippen LogP contribution in [0, 0.1) is 5.82 Å². The molecule has 0 saturated carbocycles. The third-order valence-corrected chi connectivity index (χ3v) is 3.67. The molecule has 6 nitrogen and oxygen atoms in total. The predicted octanol–water partition coefficient (Wildman–Crippen LogP) is 3.22. The molecule has 8 heteroatoms. The molecule has 0 aliphatic carbocycles. The van der Waals surface area contributed by atoms with Crippen LogP contribution < -0.4 is 14.8 Å². The Balaban J connectivity index is 1.91. The number of nitrogens with one attached hydrogen (secondary N) is 1. The Bertz CT molecular complexity index is 795. The second-order valence-electron chi connectivity index (χ2n) is 5.20. The van der Waals surface area contributed by atoms with Gasteiger partial charge in [-0.2, -0.15) is 0 Å². The van der Waals surface area contributed by atoms with Crippen LogP contribution in [0.5, 0.6) is 11.5 Å². The Labute approximate surface area is 154 Å². The van der Waals surface area contributed by atoms with Crippen molar-refractivity contribution < 1.29 is 28.2 Å². The van der Waals surface area contributed by atoms with Crippen LogP contribution in [0.3, 0.4) is 0 Å². The van der Waals surface area contributed by atoms with Gasteiger partial charge in [0.1, 0.15) is 17.3 Å². The van der Waals surface area contributed by atoms with Gasteiger partial charge in [-0.1, -0.05) is 23.7 Å². The zero-order valence-electron chi connectivity index (χ0n) is 14.2. The molecule has 0 spiro atoms. The number of hydrogen-bond donors (Lipinski definition) is 1. The lowest BCUT2D eigenvalue weighted by atomic mass is 10.1. The number of halogens is 2. The lowest BCUT2D eigenvalue weighted by Crippen LogP contribution is -2.22. The second-order valence-corrected chi connectivity index (χ2v) is 5.61. The van der Waals surface area contributed by atoms with E-state index >= 15 is 0 Å². The Morgan fingerprint density at radius 3 is 2.35 bits per heavy atom. The van der Waals surface area contributed by atoms with Gasteiger partial charge in [-0.15, -0.1) is 0 Å². The monoisotopic (exact) mass is 381 g/mol. The van der Waals surface area contributed by atoms with Crippen molar-refractivity contribution in [2.75, 3.05) is 26.1 Å². The molecule has 0 atom stereocenters. The molecule has 2 aromatic rings. The Hall–Kier alpha value is -2.80. The van der Waals surface area contributed by atoms with Gasteiger partial charge < -0.3 is 19.5 Å². The van der Waals surface area contributed by atoms with Gasteiger partial charge in [0, 0.05) is 6.07 Å². The third-order valence-electron chi connectivity index (χ3n) is 3.37. The first-order valence-electron chi connectivity index (χ1n) is 7.54. The largest absolute Gasteiger partial charge is 0.495 e. The minimum absolute atomic E-state index is 0.0642. The van der Waals surface area contributed by atoms with E-state index in [1.807, 2.05) is 0 Å². The summed E-state index contributed by atoms with van der Waals surface area (Å²) in [5.74, 6) is -0.818. The molecule has 1 amide bonds. The van der Waals surface area contributed by atoms with Crippen LogP contribution in [0.2, 0.25) is 5.02 Å². The quantitative estimate of drug-likeness (QED) is 0.745. The van der Waals surface area contributed by atoms with Crippen LogP contribution in [0.25, 0.3) is 0 Å². The summed E-state index contributed by atoms with van der Waals surface area (Å²) in [6, 6.07) is 8.43. The predicted molar refractivity (Wildman–Crippen MR) is 94.2 cm³/mol. The molecule has 0 saturated heterocycles. The highest BCUT2D eigenvalue weighted by molar-refractivity contribution is 6.32. The highest BCUT2D eigenvalue weighted by Crippen LogP contribution is 2.35. The van der Waals surface area contributed by atoms with E-state index in [0.29, 0.717) is 22.7 Å². The number of esters is 1. The number of methoxy groups -OCH3 is 2. The molecule has 0 aliphatic heterocycles. The molecule has 2 aromatic carbocycles. The highest BCUT2D eigenvalue weighted by Gasteiger charge is 2.14. The van der Waals surface area contributed by atoms with Crippen LogP contribution in [0.4, 0.5) is 10.1 Å². The fourth-order valence-corrected chi connectivity index (χ4v) is 2.35. The number of carbonyl (C=O) groups is 2. The molecular weight excluding hydrogens is 365 g/mol. The van der Waals surface area contributed by atoms with E-state index in [1.54, 1.807) is 0 Å². The Morgan fingerprint density at radius 1 is 1.08 bits per heavy atom. The van der Waals surface area contributed by atoms with Crippen molar-refractivity contribution in [1.82, 2.24) is 0 Å². The van der Waals surface area contributed by atoms with Gasteiger partial charge >= 0.3 is 5.97 Å². The van der Waals surface area contributed by atoms with E-state index in [4.69, 9.17) is 25.8 Å². The maximum absolute atomic E-state index is 12.8. The van der Waals surface area contributed by atoms with Crippen molar-refractivity contribution in [2.24, 2.45) is 0 Å². The van der Waals surface area contributed by atoms with E-state index in [-0.39, 0.29) is 11.4 Å². The maximum Gasteiger partial charge on any atom is 0.310 e. The van der Waals surface area contributed by atoms with Crippen LogP contribution in [0.15, 0.2) is 36.4 Å². The fraction of sp³-hybridized carbons (Fsp3) is 0.222. The van der Waals surface area contributed by atoms with Gasteiger partial charge in [-0.05, 0) is 23.8 Å². The standard InChI is InChI=1S/C18H17ClFNO5/c1-24-15-9-16(25-2)14(8-13(15)19)21-17(22)10-26-18(23)7-11-3-5-12(20)6-4-11/h3-6,8-9H,7,10H2,1-2H3,(H,21,22). The van der Waals surface area contributed by atoms with Gasteiger partial charge in [-0.25, -0.2) is 4.39 Å². The van der Waals surface area contributed by atoms with Gasteiger partial charge in [0.25, 0.3) is 5.91 Å². The van der Waals surface area contributed by atoms with Crippen molar-refractivity contribution in [3.05, 3.63) is 52.8 Å². The number of carbonyl (C=O) groups excluding carboxylic acids is 2. The van der Waals surface area contributed by atoms with E-state index in [9.17, 15) is 14.0 Å². The minimum Gasteiger partial charge on any atom is -0.495 e. The van der Waals surface area contributed by atoms with Crippen molar-refractivity contribution in [3.8, 4) is 11.5 Å². The average Bonchev–Trinajstić information content (AvgIpc) is 2.62. The first kappa shape index (κ1) is 19.5. The Morgan fingerprint density at radius 2 is 1.73 bits per heavy atom. The molecule has 26 heavy (non-hydrogen) atoms. The minimum atomic E-state index is -0.605. The summed E-state index contributed by atoms with van der Waals surface area (Å²) >= 11 is 6.03. The average molecular weight is 382 g/mol. The molecule has 0 bridgehead atoms. The number of ether oxygens (including phenoxy) is 3. The van der Waals surface area contributed by atoms with Crippen LogP contribution >= 0.6 is 11.6 Å². The summed E-state index contributed by atoms with van der Waals surface area (Å²) in [5, 5.41) is 2.84. The van der Waals surface area contributed by atoms with Crippen molar-refractivity contribution in [2.45, 2.75) is 6.42 Å². The van der Waals surface area contributed by atoms with Gasteiger partial charge in [0.2, 0.25) is 0 Å². The molecule has 0 unspecified atom stereocenters. The lowest BCUT2D eigenvalue weighted by molar-refractivity contribution is -0.146. The molecule has 0 radical (unpaired) electrons. The molecule has 138 valence electrons. The van der Waals surface area contributed by atoms with Crippen LogP contribution in [0.1, 0.15) is 5.56 Å². The summed E-state index contributed by atoms with van der Waals surface area (Å²) in [6.07, 6.45) is -0.0642. The van der Waals surface area contributed by atoms with Crippen LogP contribution in [-0.2, 0) is 20.7 Å². The molecule has 2 rings (SSSR count). The molecule has 0 fully saturated rings. The topological polar surface area (TPSA) is 73.9 Å². The molecule has 0 aliphatic rings. The lowest BCUT2D eigenvalue weighted by Gasteiger charge is -2.13.